The number of carboxylic acids is 1. The number of amides is 1. The number of hydrogen-bond acceptors (Lipinski definition) is 6. The summed E-state index contributed by atoms with van der Waals surface area (Å²) in [5.74, 6) is -2.03. The number of alkyl halides is 6. The third kappa shape index (κ3) is 8.00. The molecule has 228 valence electrons. The summed E-state index contributed by atoms with van der Waals surface area (Å²) in [7, 11) is 0. The number of nitrogens with zero attached hydrogens (tertiary/aromatic N) is 1. The fourth-order valence-electron chi connectivity index (χ4n) is 5.01. The molecule has 2 aromatic rings. The van der Waals surface area contributed by atoms with Gasteiger partial charge in [-0.05, 0) is 67.4 Å². The molecule has 0 spiro atoms. The van der Waals surface area contributed by atoms with Gasteiger partial charge >= 0.3 is 12.4 Å². The summed E-state index contributed by atoms with van der Waals surface area (Å²) in [6, 6.07) is 7.98. The van der Waals surface area contributed by atoms with Crippen molar-refractivity contribution < 1.29 is 50.5 Å². The predicted molar refractivity (Wildman–Crippen MR) is 139 cm³/mol. The van der Waals surface area contributed by atoms with E-state index in [0.717, 1.165) is 24.3 Å². The molecular formula is C29H28F6NO5S-. The summed E-state index contributed by atoms with van der Waals surface area (Å²) < 4.78 is 96.5. The molecule has 0 N–H and O–H groups in total. The number of benzene rings is 2. The van der Waals surface area contributed by atoms with Crippen molar-refractivity contribution in [3.63, 3.8) is 0 Å². The molecule has 1 heterocycles. The Bertz CT molecular complexity index is 1300. The third-order valence-corrected chi connectivity index (χ3v) is 8.34. The third-order valence-electron chi connectivity index (χ3n) is 7.22. The highest BCUT2D eigenvalue weighted by molar-refractivity contribution is 7.99. The van der Waals surface area contributed by atoms with Crippen LogP contribution in [0.25, 0.3) is 6.08 Å². The number of ether oxygens (including phenoxy) is 2. The largest absolute Gasteiger partial charge is 0.550 e. The molecule has 42 heavy (non-hydrogen) atoms. The Kier molecular flexibility index (Phi) is 10.1. The monoisotopic (exact) mass is 616 g/mol. The molecule has 0 aromatic heterocycles. The Labute approximate surface area is 242 Å². The van der Waals surface area contributed by atoms with E-state index in [1.807, 2.05) is 0 Å². The fourth-order valence-corrected chi connectivity index (χ4v) is 6.07. The first-order valence-corrected chi connectivity index (χ1v) is 14.1. The minimum absolute atomic E-state index is 0.0208. The maximum Gasteiger partial charge on any atom is 0.418 e. The summed E-state index contributed by atoms with van der Waals surface area (Å²) in [5, 5.41) is 11.1. The van der Waals surface area contributed by atoms with Crippen molar-refractivity contribution in [3.05, 3.63) is 59.2 Å². The van der Waals surface area contributed by atoms with Crippen LogP contribution in [0.15, 0.2) is 52.3 Å². The molecule has 1 saturated heterocycles. The van der Waals surface area contributed by atoms with Gasteiger partial charge in [-0.1, -0.05) is 30.0 Å². The number of aliphatic carboxylic acids is 1. The zero-order chi connectivity index (χ0) is 30.5. The maximum absolute atomic E-state index is 14.3. The summed E-state index contributed by atoms with van der Waals surface area (Å²) in [4.78, 5) is 24.3. The molecule has 2 fully saturated rings. The van der Waals surface area contributed by atoms with Crippen LogP contribution >= 0.6 is 11.8 Å². The van der Waals surface area contributed by atoms with Gasteiger partial charge in [0.25, 0.3) is 0 Å². The van der Waals surface area contributed by atoms with E-state index in [0.29, 0.717) is 37.4 Å². The van der Waals surface area contributed by atoms with Gasteiger partial charge in [0, 0.05) is 30.0 Å². The predicted octanol–water partition coefficient (Wildman–Crippen LogP) is 5.68. The molecule has 6 nitrogen and oxygen atoms in total. The molecule has 0 radical (unpaired) electrons. The van der Waals surface area contributed by atoms with E-state index in [4.69, 9.17) is 9.47 Å². The summed E-state index contributed by atoms with van der Waals surface area (Å²) in [6.07, 6.45) is -7.12. The highest BCUT2D eigenvalue weighted by atomic mass is 32.2. The van der Waals surface area contributed by atoms with Gasteiger partial charge in [-0.2, -0.15) is 26.3 Å². The van der Waals surface area contributed by atoms with Crippen LogP contribution in [0.4, 0.5) is 26.3 Å². The molecule has 2 aromatic carbocycles. The minimum atomic E-state index is -5.37. The van der Waals surface area contributed by atoms with Gasteiger partial charge in [-0.15, -0.1) is 0 Å². The maximum atomic E-state index is 14.3. The van der Waals surface area contributed by atoms with Crippen molar-refractivity contribution in [3.8, 4) is 5.75 Å². The molecule has 0 unspecified atom stereocenters. The molecule has 2 aliphatic rings. The van der Waals surface area contributed by atoms with Crippen molar-refractivity contribution in [2.45, 2.75) is 47.8 Å². The molecule has 1 aliphatic carbocycles. The quantitative estimate of drug-likeness (QED) is 0.281. The Morgan fingerprint density at radius 2 is 1.57 bits per heavy atom. The normalized spacial score (nSPS) is 20.1. The smallest absolute Gasteiger partial charge is 0.418 e. The Hall–Kier alpha value is -3.19. The van der Waals surface area contributed by atoms with Crippen LogP contribution in [0.5, 0.6) is 5.75 Å². The average Bonchev–Trinajstić information content (AvgIpc) is 2.95. The number of carbonyl (C=O) groups excluding carboxylic acids is 2. The number of carbonyl (C=O) groups is 2. The summed E-state index contributed by atoms with van der Waals surface area (Å²) >= 11 is 0.501. The first-order valence-electron chi connectivity index (χ1n) is 13.3. The second-order valence-electron chi connectivity index (χ2n) is 10.1. The van der Waals surface area contributed by atoms with Crippen LogP contribution in [0, 0.1) is 11.8 Å². The number of carboxylic acid groups (broad SMARTS) is 1. The molecule has 0 atom stereocenters. The molecule has 4 rings (SSSR count). The van der Waals surface area contributed by atoms with Crippen molar-refractivity contribution in [1.82, 2.24) is 4.90 Å². The molecule has 13 heteroatoms. The zero-order valence-electron chi connectivity index (χ0n) is 22.3. The molecule has 1 saturated carbocycles. The van der Waals surface area contributed by atoms with Gasteiger partial charge < -0.3 is 24.3 Å². The van der Waals surface area contributed by atoms with Gasteiger partial charge in [0.15, 0.2) is 0 Å². The number of morpholine rings is 1. The number of rotatable bonds is 8. The van der Waals surface area contributed by atoms with Crippen molar-refractivity contribution in [1.29, 1.82) is 0 Å². The van der Waals surface area contributed by atoms with Crippen LogP contribution in [0.3, 0.4) is 0 Å². The topological polar surface area (TPSA) is 78.9 Å². The Morgan fingerprint density at radius 3 is 2.19 bits per heavy atom. The second kappa shape index (κ2) is 13.4. The average molecular weight is 617 g/mol. The SMILES string of the molecule is O=C([O-])C1CCC(COc2ccccc2Sc2ccc(/C=C/C(=O)N3CCOCC3)c(C(F)(F)F)c2C(F)(F)F)CC1. The van der Waals surface area contributed by atoms with Crippen LogP contribution in [0.2, 0.25) is 0 Å². The number of halogens is 6. The first-order chi connectivity index (χ1) is 19.8. The summed E-state index contributed by atoms with van der Waals surface area (Å²) in [6.45, 7) is 1.14. The van der Waals surface area contributed by atoms with E-state index < -0.39 is 51.7 Å². The molecule has 0 bridgehead atoms. The van der Waals surface area contributed by atoms with Crippen molar-refractivity contribution in [2.24, 2.45) is 11.8 Å². The van der Waals surface area contributed by atoms with E-state index in [9.17, 15) is 41.0 Å². The zero-order valence-corrected chi connectivity index (χ0v) is 23.1. The van der Waals surface area contributed by atoms with Gasteiger partial charge in [0.05, 0.1) is 35.8 Å². The van der Waals surface area contributed by atoms with Crippen molar-refractivity contribution in [2.75, 3.05) is 32.9 Å². The number of hydrogen-bond donors (Lipinski definition) is 0. The van der Waals surface area contributed by atoms with Crippen molar-refractivity contribution >= 4 is 29.7 Å². The van der Waals surface area contributed by atoms with E-state index in [2.05, 4.69) is 0 Å². The van der Waals surface area contributed by atoms with Gasteiger partial charge in [-0.25, -0.2) is 0 Å². The second-order valence-corrected chi connectivity index (χ2v) is 11.1. The van der Waals surface area contributed by atoms with E-state index in [1.165, 1.54) is 23.1 Å². The lowest BCUT2D eigenvalue weighted by Crippen LogP contribution is -2.39. The lowest BCUT2D eigenvalue weighted by molar-refractivity contribution is -0.312. The van der Waals surface area contributed by atoms with E-state index >= 15 is 0 Å². The standard InChI is InChI=1S/C29H29F6NO5S/c30-28(31,32)25-19(10-12-24(37)36-13-15-40-16-14-36)9-11-23(26(25)29(33,34)35)42-22-4-2-1-3-21(22)41-17-18-5-7-20(8-6-18)27(38)39/h1-4,9-12,18,20H,5-8,13-17H2,(H,38,39)/p-1/b12-10+. The van der Waals surface area contributed by atoms with Gasteiger partial charge in [0.2, 0.25) is 5.91 Å². The van der Waals surface area contributed by atoms with Crippen LogP contribution in [0.1, 0.15) is 42.4 Å². The highest BCUT2D eigenvalue weighted by Gasteiger charge is 2.46. The molecule has 1 amide bonds. The summed E-state index contributed by atoms with van der Waals surface area (Å²) in [5.41, 5.74) is -4.51. The van der Waals surface area contributed by atoms with Crippen LogP contribution in [-0.2, 0) is 26.7 Å². The first kappa shape index (κ1) is 31.7. The van der Waals surface area contributed by atoms with Crippen LogP contribution in [-0.4, -0.2) is 49.7 Å². The molecule has 1 aliphatic heterocycles. The lowest BCUT2D eigenvalue weighted by atomic mass is 9.82. The van der Waals surface area contributed by atoms with E-state index in [1.54, 1.807) is 6.07 Å². The fraction of sp³-hybridized carbons (Fsp3) is 0.448. The Morgan fingerprint density at radius 1 is 0.929 bits per heavy atom. The molecular weight excluding hydrogens is 588 g/mol. The minimum Gasteiger partial charge on any atom is -0.550 e. The highest BCUT2D eigenvalue weighted by Crippen LogP contribution is 2.49. The number of para-hydroxylation sites is 1. The van der Waals surface area contributed by atoms with E-state index in [-0.39, 0.29) is 49.5 Å². The Balaban J connectivity index is 1.61. The van der Waals surface area contributed by atoms with Gasteiger partial charge in [-0.3, -0.25) is 4.79 Å². The van der Waals surface area contributed by atoms with Gasteiger partial charge in [0.1, 0.15) is 5.75 Å². The lowest BCUT2D eigenvalue weighted by Gasteiger charge is -2.29. The van der Waals surface area contributed by atoms with Crippen LogP contribution < -0.4 is 9.84 Å².